The van der Waals surface area contributed by atoms with Crippen molar-refractivity contribution in [2.24, 2.45) is 5.41 Å². The first-order valence-electron chi connectivity index (χ1n) is 6.16. The Bertz CT molecular complexity index is 455. The van der Waals surface area contributed by atoms with E-state index in [-0.39, 0.29) is 11.4 Å². The molecule has 1 N–H and O–H groups in total. The third kappa shape index (κ3) is 2.46. The van der Waals surface area contributed by atoms with Gasteiger partial charge in [-0.2, -0.15) is 0 Å². The van der Waals surface area contributed by atoms with Gasteiger partial charge in [-0.3, -0.25) is 4.79 Å². The summed E-state index contributed by atoms with van der Waals surface area (Å²) in [6, 6.07) is 5.83. The quantitative estimate of drug-likeness (QED) is 0.850. The third-order valence-corrected chi connectivity index (χ3v) is 4.14. The Morgan fingerprint density at radius 3 is 2.72 bits per heavy atom. The molecule has 3 nitrogen and oxygen atoms in total. The normalized spacial score (nSPS) is 16.8. The van der Waals surface area contributed by atoms with Crippen LogP contribution in [0, 0.1) is 12.3 Å². The zero-order valence-corrected chi connectivity index (χ0v) is 11.5. The van der Waals surface area contributed by atoms with Crippen molar-refractivity contribution >= 4 is 23.3 Å². The highest BCUT2D eigenvalue weighted by atomic mass is 35.5. The zero-order valence-electron chi connectivity index (χ0n) is 10.8. The molecule has 18 heavy (non-hydrogen) atoms. The molecule has 1 aliphatic rings. The molecule has 1 saturated carbocycles. The van der Waals surface area contributed by atoms with Gasteiger partial charge < -0.3 is 10.1 Å². The summed E-state index contributed by atoms with van der Waals surface area (Å²) in [5.41, 5.74) is 1.65. The van der Waals surface area contributed by atoms with Crippen LogP contribution in [0.2, 0.25) is 5.02 Å². The number of hydrogen-bond donors (Lipinski definition) is 1. The second kappa shape index (κ2) is 5.19. The summed E-state index contributed by atoms with van der Waals surface area (Å²) in [7, 11) is 1.45. The van der Waals surface area contributed by atoms with Crippen LogP contribution in [0.5, 0.6) is 0 Å². The number of halogens is 1. The number of anilines is 1. The molecule has 0 spiro atoms. The van der Waals surface area contributed by atoms with Crippen molar-refractivity contribution in [3.8, 4) is 0 Å². The number of rotatable bonds is 4. The van der Waals surface area contributed by atoms with Crippen LogP contribution in [0.4, 0.5) is 5.69 Å². The molecule has 4 heteroatoms. The number of aryl methyl sites for hydroxylation is 1. The van der Waals surface area contributed by atoms with E-state index in [1.165, 1.54) is 7.11 Å². The molecule has 0 saturated heterocycles. The lowest BCUT2D eigenvalue weighted by atomic mass is 9.68. The Kier molecular flexibility index (Phi) is 3.81. The van der Waals surface area contributed by atoms with Crippen molar-refractivity contribution in [2.75, 3.05) is 19.0 Å². The van der Waals surface area contributed by atoms with Gasteiger partial charge in [0.25, 0.3) is 0 Å². The van der Waals surface area contributed by atoms with Gasteiger partial charge in [0.1, 0.15) is 0 Å². The van der Waals surface area contributed by atoms with Gasteiger partial charge in [-0.05, 0) is 37.5 Å². The summed E-state index contributed by atoms with van der Waals surface area (Å²) in [6.45, 7) is 2.58. The average molecular weight is 268 g/mol. The fourth-order valence-electron chi connectivity index (χ4n) is 2.25. The fraction of sp³-hybridized carbons (Fsp3) is 0.500. The Balaban J connectivity index is 2.02. The highest BCUT2D eigenvalue weighted by molar-refractivity contribution is 6.31. The van der Waals surface area contributed by atoms with Crippen LogP contribution < -0.4 is 5.32 Å². The Morgan fingerprint density at radius 2 is 2.22 bits per heavy atom. The molecule has 0 aromatic heterocycles. The number of benzene rings is 1. The molecular weight excluding hydrogens is 250 g/mol. The number of carbonyl (C=O) groups excluding carboxylic acids is 1. The first kappa shape index (κ1) is 13.2. The molecular formula is C14H18ClNO2. The minimum absolute atomic E-state index is 0.112. The van der Waals surface area contributed by atoms with Crippen LogP contribution in [-0.4, -0.2) is 19.6 Å². The number of esters is 1. The van der Waals surface area contributed by atoms with E-state index in [4.69, 9.17) is 16.3 Å². The largest absolute Gasteiger partial charge is 0.469 e. The monoisotopic (exact) mass is 267 g/mol. The molecule has 0 bridgehead atoms. The molecule has 0 radical (unpaired) electrons. The van der Waals surface area contributed by atoms with E-state index in [2.05, 4.69) is 5.32 Å². The summed E-state index contributed by atoms with van der Waals surface area (Å²) in [6.07, 6.45) is 2.88. The second-order valence-electron chi connectivity index (χ2n) is 4.94. The van der Waals surface area contributed by atoms with Crippen LogP contribution >= 0.6 is 11.6 Å². The summed E-state index contributed by atoms with van der Waals surface area (Å²) < 4.78 is 4.88. The van der Waals surface area contributed by atoms with Crippen molar-refractivity contribution in [3.05, 3.63) is 28.8 Å². The lowest BCUT2D eigenvalue weighted by Crippen LogP contribution is -2.44. The number of hydrogen-bond acceptors (Lipinski definition) is 3. The standard InChI is InChI=1S/C14H18ClNO2/c1-10-4-5-11(8-12(10)15)16-9-14(6-3-7-14)13(17)18-2/h4-5,8,16H,3,6-7,9H2,1-2H3. The Labute approximate surface area is 112 Å². The van der Waals surface area contributed by atoms with Crippen LogP contribution in [-0.2, 0) is 9.53 Å². The number of methoxy groups -OCH3 is 1. The molecule has 1 aromatic carbocycles. The van der Waals surface area contributed by atoms with Crippen LogP contribution in [0.15, 0.2) is 18.2 Å². The highest BCUT2D eigenvalue weighted by Crippen LogP contribution is 2.42. The van der Waals surface area contributed by atoms with E-state index in [1.54, 1.807) is 0 Å². The number of ether oxygens (including phenoxy) is 1. The average Bonchev–Trinajstić information content (AvgIpc) is 2.31. The maximum Gasteiger partial charge on any atom is 0.313 e. The van der Waals surface area contributed by atoms with Crippen LogP contribution in [0.3, 0.4) is 0 Å². The first-order chi connectivity index (χ1) is 8.57. The summed E-state index contributed by atoms with van der Waals surface area (Å²) in [4.78, 5) is 11.8. The number of carbonyl (C=O) groups is 1. The molecule has 0 heterocycles. The third-order valence-electron chi connectivity index (χ3n) is 3.73. The Morgan fingerprint density at radius 1 is 1.50 bits per heavy atom. The van der Waals surface area contributed by atoms with Gasteiger partial charge in [-0.15, -0.1) is 0 Å². The predicted octanol–water partition coefficient (Wildman–Crippen LogP) is 3.40. The topological polar surface area (TPSA) is 38.3 Å². The molecule has 0 unspecified atom stereocenters. The van der Waals surface area contributed by atoms with Crippen LogP contribution in [0.1, 0.15) is 24.8 Å². The zero-order chi connectivity index (χ0) is 13.2. The molecule has 0 atom stereocenters. The molecule has 1 fully saturated rings. The summed E-state index contributed by atoms with van der Waals surface area (Å²) >= 11 is 6.07. The maximum atomic E-state index is 11.8. The van der Waals surface area contributed by atoms with Crippen LogP contribution in [0.25, 0.3) is 0 Å². The molecule has 1 aliphatic carbocycles. The molecule has 98 valence electrons. The fourth-order valence-corrected chi connectivity index (χ4v) is 2.43. The molecule has 2 rings (SSSR count). The summed E-state index contributed by atoms with van der Waals surface area (Å²) in [5, 5.41) is 4.02. The molecule has 0 aliphatic heterocycles. The van der Waals surface area contributed by atoms with Crippen molar-refractivity contribution in [1.82, 2.24) is 0 Å². The first-order valence-corrected chi connectivity index (χ1v) is 6.54. The van der Waals surface area contributed by atoms with E-state index < -0.39 is 0 Å². The smallest absolute Gasteiger partial charge is 0.313 e. The van der Waals surface area contributed by atoms with E-state index in [0.29, 0.717) is 6.54 Å². The summed E-state index contributed by atoms with van der Waals surface area (Å²) in [5.74, 6) is -0.112. The van der Waals surface area contributed by atoms with Gasteiger partial charge in [0, 0.05) is 17.3 Å². The lowest BCUT2D eigenvalue weighted by molar-refractivity contribution is -0.157. The van der Waals surface area contributed by atoms with Gasteiger partial charge >= 0.3 is 5.97 Å². The SMILES string of the molecule is COC(=O)C1(CNc2ccc(C)c(Cl)c2)CCC1. The minimum atomic E-state index is -0.341. The minimum Gasteiger partial charge on any atom is -0.469 e. The van der Waals surface area contributed by atoms with Gasteiger partial charge in [0.05, 0.1) is 12.5 Å². The Hall–Kier alpha value is -1.22. The van der Waals surface area contributed by atoms with Crippen molar-refractivity contribution in [2.45, 2.75) is 26.2 Å². The lowest BCUT2D eigenvalue weighted by Gasteiger charge is -2.39. The van der Waals surface area contributed by atoms with E-state index in [0.717, 1.165) is 35.5 Å². The molecule has 0 amide bonds. The maximum absolute atomic E-state index is 11.8. The van der Waals surface area contributed by atoms with Crippen molar-refractivity contribution in [1.29, 1.82) is 0 Å². The van der Waals surface area contributed by atoms with Gasteiger partial charge in [0.15, 0.2) is 0 Å². The van der Waals surface area contributed by atoms with Gasteiger partial charge in [-0.1, -0.05) is 24.1 Å². The van der Waals surface area contributed by atoms with Crippen molar-refractivity contribution in [3.63, 3.8) is 0 Å². The van der Waals surface area contributed by atoms with Gasteiger partial charge in [-0.25, -0.2) is 0 Å². The number of nitrogens with one attached hydrogen (secondary N) is 1. The van der Waals surface area contributed by atoms with E-state index in [1.807, 2.05) is 25.1 Å². The van der Waals surface area contributed by atoms with E-state index >= 15 is 0 Å². The highest BCUT2D eigenvalue weighted by Gasteiger charge is 2.45. The second-order valence-corrected chi connectivity index (χ2v) is 5.35. The predicted molar refractivity (Wildman–Crippen MR) is 73.0 cm³/mol. The molecule has 1 aromatic rings. The van der Waals surface area contributed by atoms with E-state index in [9.17, 15) is 4.79 Å². The van der Waals surface area contributed by atoms with Crippen molar-refractivity contribution < 1.29 is 9.53 Å². The van der Waals surface area contributed by atoms with Gasteiger partial charge in [0.2, 0.25) is 0 Å².